The summed E-state index contributed by atoms with van der Waals surface area (Å²) >= 11 is 7.41. The van der Waals surface area contributed by atoms with E-state index in [1.807, 2.05) is 36.7 Å². The van der Waals surface area contributed by atoms with Crippen LogP contribution >= 0.6 is 23.4 Å². The van der Waals surface area contributed by atoms with E-state index in [1.165, 1.54) is 11.8 Å². The second-order valence-corrected chi connectivity index (χ2v) is 6.85. The third-order valence-electron chi connectivity index (χ3n) is 3.52. The standard InChI is InChI=1S/C15H20ClN3OS/c1-9(2)10(3)17-14(20)8-21-15-18-12-7-11(16)5-6-13(12)19(15)4/h5-7,9-10H,8H2,1-4H3,(H,17,20). The first-order chi connectivity index (χ1) is 9.88. The SMILES string of the molecule is CC(C)C(C)NC(=O)CSc1nc2cc(Cl)ccc2n1C. The summed E-state index contributed by atoms with van der Waals surface area (Å²) < 4.78 is 1.98. The first kappa shape index (κ1) is 16.2. The Morgan fingerprint density at radius 3 is 2.81 bits per heavy atom. The first-order valence-corrected chi connectivity index (χ1v) is 8.29. The van der Waals surface area contributed by atoms with Gasteiger partial charge in [-0.2, -0.15) is 0 Å². The number of rotatable bonds is 5. The van der Waals surface area contributed by atoms with E-state index in [9.17, 15) is 4.79 Å². The third kappa shape index (κ3) is 3.92. The van der Waals surface area contributed by atoms with E-state index in [1.54, 1.807) is 0 Å². The zero-order valence-corrected chi connectivity index (χ0v) is 14.3. The molecular weight excluding hydrogens is 306 g/mol. The highest BCUT2D eigenvalue weighted by Crippen LogP contribution is 2.24. The summed E-state index contributed by atoms with van der Waals surface area (Å²) in [6.07, 6.45) is 0. The molecule has 114 valence electrons. The summed E-state index contributed by atoms with van der Waals surface area (Å²) in [6.45, 7) is 6.20. The molecule has 1 aromatic heterocycles. The number of benzene rings is 1. The monoisotopic (exact) mass is 325 g/mol. The number of hydrogen-bond acceptors (Lipinski definition) is 3. The molecule has 2 aromatic rings. The topological polar surface area (TPSA) is 46.9 Å². The Morgan fingerprint density at radius 2 is 2.14 bits per heavy atom. The van der Waals surface area contributed by atoms with Crippen molar-refractivity contribution in [1.29, 1.82) is 0 Å². The Bertz CT molecular complexity index is 654. The lowest BCUT2D eigenvalue weighted by atomic mass is 10.1. The second kappa shape index (κ2) is 6.71. The van der Waals surface area contributed by atoms with Crippen molar-refractivity contribution in [2.45, 2.75) is 32.0 Å². The zero-order chi connectivity index (χ0) is 15.6. The maximum atomic E-state index is 11.9. The van der Waals surface area contributed by atoms with Gasteiger partial charge in [0.25, 0.3) is 0 Å². The predicted molar refractivity (Wildman–Crippen MR) is 88.9 cm³/mol. The van der Waals surface area contributed by atoms with Gasteiger partial charge in [-0.05, 0) is 31.0 Å². The molecule has 1 unspecified atom stereocenters. The van der Waals surface area contributed by atoms with Gasteiger partial charge in [0.05, 0.1) is 16.8 Å². The number of fused-ring (bicyclic) bond motifs is 1. The zero-order valence-electron chi connectivity index (χ0n) is 12.7. The molecule has 0 radical (unpaired) electrons. The van der Waals surface area contributed by atoms with Crippen molar-refractivity contribution in [1.82, 2.24) is 14.9 Å². The van der Waals surface area contributed by atoms with E-state index in [2.05, 4.69) is 24.1 Å². The van der Waals surface area contributed by atoms with E-state index in [4.69, 9.17) is 11.6 Å². The second-order valence-electron chi connectivity index (χ2n) is 5.48. The average Bonchev–Trinajstić information content (AvgIpc) is 2.72. The Balaban J connectivity index is 2.03. The Kier molecular flexibility index (Phi) is 5.17. The van der Waals surface area contributed by atoms with E-state index in [-0.39, 0.29) is 11.9 Å². The molecule has 0 spiro atoms. The van der Waals surface area contributed by atoms with Crippen molar-refractivity contribution in [2.75, 3.05) is 5.75 Å². The quantitative estimate of drug-likeness (QED) is 0.856. The van der Waals surface area contributed by atoms with Crippen molar-refractivity contribution in [3.8, 4) is 0 Å². The summed E-state index contributed by atoms with van der Waals surface area (Å²) in [6, 6.07) is 5.80. The number of imidazole rings is 1. The van der Waals surface area contributed by atoms with Crippen LogP contribution in [-0.4, -0.2) is 27.3 Å². The fraction of sp³-hybridized carbons (Fsp3) is 0.467. The lowest BCUT2D eigenvalue weighted by molar-refractivity contribution is -0.119. The van der Waals surface area contributed by atoms with Crippen LogP contribution in [0.4, 0.5) is 0 Å². The molecule has 0 aliphatic carbocycles. The van der Waals surface area contributed by atoms with Crippen LogP contribution in [0.5, 0.6) is 0 Å². The maximum Gasteiger partial charge on any atom is 0.230 e. The van der Waals surface area contributed by atoms with Crippen LogP contribution in [0.15, 0.2) is 23.4 Å². The van der Waals surface area contributed by atoms with Gasteiger partial charge in [0, 0.05) is 18.1 Å². The van der Waals surface area contributed by atoms with Crippen LogP contribution in [0.25, 0.3) is 11.0 Å². The largest absolute Gasteiger partial charge is 0.353 e. The van der Waals surface area contributed by atoms with Gasteiger partial charge in [-0.25, -0.2) is 4.98 Å². The van der Waals surface area contributed by atoms with Crippen LogP contribution in [-0.2, 0) is 11.8 Å². The molecule has 1 aromatic carbocycles. The number of nitrogens with zero attached hydrogens (tertiary/aromatic N) is 2. The van der Waals surface area contributed by atoms with Crippen LogP contribution in [0, 0.1) is 5.92 Å². The van der Waals surface area contributed by atoms with Gasteiger partial charge >= 0.3 is 0 Å². The summed E-state index contributed by atoms with van der Waals surface area (Å²) in [5.74, 6) is 0.824. The number of carbonyl (C=O) groups excluding carboxylic acids is 1. The molecule has 1 amide bonds. The van der Waals surface area contributed by atoms with E-state index < -0.39 is 0 Å². The fourth-order valence-corrected chi connectivity index (χ4v) is 2.84. The molecular formula is C15H20ClN3OS. The lowest BCUT2D eigenvalue weighted by Crippen LogP contribution is -2.37. The predicted octanol–water partition coefficient (Wildman–Crippen LogP) is 3.48. The number of thioether (sulfide) groups is 1. The number of aryl methyl sites for hydroxylation is 1. The van der Waals surface area contributed by atoms with Gasteiger partial charge in [0.2, 0.25) is 5.91 Å². The Labute approximate surface area is 134 Å². The average molecular weight is 326 g/mol. The summed E-state index contributed by atoms with van der Waals surface area (Å²) in [5.41, 5.74) is 1.86. The normalized spacial score (nSPS) is 12.9. The van der Waals surface area contributed by atoms with Crippen LogP contribution in [0.3, 0.4) is 0 Å². The molecule has 0 aliphatic heterocycles. The number of nitrogens with one attached hydrogen (secondary N) is 1. The molecule has 4 nitrogen and oxygen atoms in total. The molecule has 1 N–H and O–H groups in total. The Morgan fingerprint density at radius 1 is 1.43 bits per heavy atom. The van der Waals surface area contributed by atoms with E-state index in [0.717, 1.165) is 16.2 Å². The minimum atomic E-state index is 0.0336. The van der Waals surface area contributed by atoms with Crippen LogP contribution in [0.2, 0.25) is 5.02 Å². The summed E-state index contributed by atoms with van der Waals surface area (Å²) in [7, 11) is 1.94. The third-order valence-corrected chi connectivity index (χ3v) is 4.79. The molecule has 21 heavy (non-hydrogen) atoms. The number of aromatic nitrogens is 2. The Hall–Kier alpha value is -1.20. The highest BCUT2D eigenvalue weighted by atomic mass is 35.5. The van der Waals surface area contributed by atoms with Gasteiger partial charge in [-0.15, -0.1) is 0 Å². The van der Waals surface area contributed by atoms with Crippen molar-refractivity contribution in [2.24, 2.45) is 13.0 Å². The van der Waals surface area contributed by atoms with Crippen LogP contribution in [0.1, 0.15) is 20.8 Å². The molecule has 0 bridgehead atoms. The molecule has 6 heteroatoms. The summed E-state index contributed by atoms with van der Waals surface area (Å²) in [5, 5.41) is 4.48. The maximum absolute atomic E-state index is 11.9. The smallest absolute Gasteiger partial charge is 0.230 e. The molecule has 1 heterocycles. The highest BCUT2D eigenvalue weighted by Gasteiger charge is 2.13. The minimum absolute atomic E-state index is 0.0336. The van der Waals surface area contributed by atoms with Gasteiger partial charge < -0.3 is 9.88 Å². The number of amides is 1. The van der Waals surface area contributed by atoms with Gasteiger partial charge in [-0.1, -0.05) is 37.2 Å². The highest BCUT2D eigenvalue weighted by molar-refractivity contribution is 7.99. The lowest BCUT2D eigenvalue weighted by Gasteiger charge is -2.17. The number of halogens is 1. The molecule has 0 fully saturated rings. The summed E-state index contributed by atoms with van der Waals surface area (Å²) in [4.78, 5) is 16.4. The fourth-order valence-electron chi connectivity index (χ4n) is 1.87. The van der Waals surface area contributed by atoms with Crippen molar-refractivity contribution >= 4 is 40.3 Å². The van der Waals surface area contributed by atoms with E-state index in [0.29, 0.717) is 16.7 Å². The van der Waals surface area contributed by atoms with Crippen LogP contribution < -0.4 is 5.32 Å². The van der Waals surface area contributed by atoms with Crippen molar-refractivity contribution in [3.05, 3.63) is 23.2 Å². The van der Waals surface area contributed by atoms with Gasteiger partial charge in [0.1, 0.15) is 0 Å². The molecule has 1 atom stereocenters. The van der Waals surface area contributed by atoms with Crippen molar-refractivity contribution in [3.63, 3.8) is 0 Å². The molecule has 0 saturated heterocycles. The molecule has 0 aliphatic rings. The number of hydrogen-bond donors (Lipinski definition) is 1. The van der Waals surface area contributed by atoms with Gasteiger partial charge in [0.15, 0.2) is 5.16 Å². The first-order valence-electron chi connectivity index (χ1n) is 6.92. The number of carbonyl (C=O) groups is 1. The minimum Gasteiger partial charge on any atom is -0.353 e. The van der Waals surface area contributed by atoms with Gasteiger partial charge in [-0.3, -0.25) is 4.79 Å². The van der Waals surface area contributed by atoms with E-state index >= 15 is 0 Å². The molecule has 0 saturated carbocycles. The van der Waals surface area contributed by atoms with Crippen molar-refractivity contribution < 1.29 is 4.79 Å². The molecule has 2 rings (SSSR count).